The number of rotatable bonds is 6. The highest BCUT2D eigenvalue weighted by atomic mass is 35.5. The molecule has 6 nitrogen and oxygen atoms in total. The fraction of sp³-hybridized carbons (Fsp3) is 0.167. The van der Waals surface area contributed by atoms with Crippen LogP contribution in [0.15, 0.2) is 41.5 Å². The Morgan fingerprint density at radius 3 is 2.74 bits per heavy atom. The predicted octanol–water partition coefficient (Wildman–Crippen LogP) is 5.20. The van der Waals surface area contributed by atoms with Gasteiger partial charge in [0, 0.05) is 10.6 Å². The molecule has 0 spiro atoms. The van der Waals surface area contributed by atoms with Gasteiger partial charge in [0.1, 0.15) is 0 Å². The Kier molecular flexibility index (Phi) is 6.15. The van der Waals surface area contributed by atoms with Crippen LogP contribution < -0.4 is 9.47 Å². The average Bonchev–Trinajstić information content (AvgIpc) is 3.01. The quantitative estimate of drug-likeness (QED) is 0.437. The molecule has 0 atom stereocenters. The molecule has 0 unspecified atom stereocenters. The summed E-state index contributed by atoms with van der Waals surface area (Å²) in [4.78, 5) is 0. The number of halogens is 2. The predicted molar refractivity (Wildman–Crippen MR) is 110 cm³/mol. The molecule has 140 valence electrons. The third-order valence-corrected chi connectivity index (χ3v) is 4.44. The number of H-pyrrole nitrogens is 1. The van der Waals surface area contributed by atoms with Crippen LogP contribution in [0, 0.1) is 4.77 Å². The van der Waals surface area contributed by atoms with Crippen molar-refractivity contribution in [2.75, 3.05) is 13.7 Å². The largest absolute Gasteiger partial charge is 0.493 e. The molecule has 0 aliphatic rings. The zero-order chi connectivity index (χ0) is 19.4. The molecule has 0 bridgehead atoms. The van der Waals surface area contributed by atoms with Crippen LogP contribution in [0.5, 0.6) is 11.5 Å². The molecule has 27 heavy (non-hydrogen) atoms. The normalized spacial score (nSPS) is 11.1. The van der Waals surface area contributed by atoms with Crippen LogP contribution in [0.2, 0.25) is 10.0 Å². The van der Waals surface area contributed by atoms with Gasteiger partial charge in [0.25, 0.3) is 0 Å². The summed E-state index contributed by atoms with van der Waals surface area (Å²) in [6.07, 6.45) is 1.65. The summed E-state index contributed by atoms with van der Waals surface area (Å²) in [5.74, 6) is 1.78. The van der Waals surface area contributed by atoms with Crippen LogP contribution in [0.4, 0.5) is 0 Å². The molecule has 0 radical (unpaired) electrons. The van der Waals surface area contributed by atoms with Crippen molar-refractivity contribution in [1.29, 1.82) is 0 Å². The minimum atomic E-state index is 0.338. The van der Waals surface area contributed by atoms with Crippen molar-refractivity contribution in [3.8, 4) is 22.9 Å². The van der Waals surface area contributed by atoms with Crippen molar-refractivity contribution in [2.45, 2.75) is 6.92 Å². The standard InChI is InChI=1S/C18H16Cl2N4O2S/c1-3-26-15-7-4-11(8-16(15)25-2)10-21-24-17(22-23-18(24)27)13-6-5-12(19)9-14(13)20/h4-10H,3H2,1-2H3,(H,23,27)/b21-10-. The lowest BCUT2D eigenvalue weighted by molar-refractivity contribution is 0.311. The molecule has 0 aliphatic heterocycles. The number of ether oxygens (including phenoxy) is 2. The first-order valence-corrected chi connectivity index (χ1v) is 9.18. The van der Waals surface area contributed by atoms with Gasteiger partial charge in [0.05, 0.1) is 25.0 Å². The number of nitrogens with zero attached hydrogens (tertiary/aromatic N) is 3. The van der Waals surface area contributed by atoms with Gasteiger partial charge in [-0.3, -0.25) is 0 Å². The van der Waals surface area contributed by atoms with E-state index >= 15 is 0 Å². The number of methoxy groups -OCH3 is 1. The van der Waals surface area contributed by atoms with Crippen LogP contribution in [0.3, 0.4) is 0 Å². The molecule has 3 aromatic rings. The van der Waals surface area contributed by atoms with E-state index in [0.717, 1.165) is 5.56 Å². The Labute approximate surface area is 171 Å². The summed E-state index contributed by atoms with van der Waals surface area (Å²) in [5.41, 5.74) is 1.47. The summed E-state index contributed by atoms with van der Waals surface area (Å²) >= 11 is 17.5. The SMILES string of the molecule is CCOc1ccc(/C=N\n2c(-c3ccc(Cl)cc3Cl)n[nH]c2=S)cc1OC. The molecule has 0 saturated heterocycles. The van der Waals surface area contributed by atoms with E-state index in [2.05, 4.69) is 15.3 Å². The van der Waals surface area contributed by atoms with Gasteiger partial charge in [0.2, 0.25) is 4.77 Å². The minimum Gasteiger partial charge on any atom is -0.493 e. The highest BCUT2D eigenvalue weighted by Gasteiger charge is 2.12. The summed E-state index contributed by atoms with van der Waals surface area (Å²) in [5, 5.41) is 12.4. The summed E-state index contributed by atoms with van der Waals surface area (Å²) < 4.78 is 12.7. The van der Waals surface area contributed by atoms with Crippen molar-refractivity contribution >= 4 is 41.6 Å². The monoisotopic (exact) mass is 422 g/mol. The zero-order valence-electron chi connectivity index (χ0n) is 14.6. The highest BCUT2D eigenvalue weighted by Crippen LogP contribution is 2.30. The third-order valence-electron chi connectivity index (χ3n) is 3.63. The van der Waals surface area contributed by atoms with E-state index in [-0.39, 0.29) is 0 Å². The molecule has 0 fully saturated rings. The van der Waals surface area contributed by atoms with Gasteiger partial charge in [-0.15, -0.1) is 0 Å². The molecular formula is C18H16Cl2N4O2S. The van der Waals surface area contributed by atoms with Crippen LogP contribution in [-0.2, 0) is 0 Å². The maximum absolute atomic E-state index is 6.28. The average molecular weight is 423 g/mol. The van der Waals surface area contributed by atoms with E-state index in [4.69, 9.17) is 44.9 Å². The van der Waals surface area contributed by atoms with E-state index in [9.17, 15) is 0 Å². The Bertz CT molecular complexity index is 1050. The number of hydrogen-bond donors (Lipinski definition) is 1. The fourth-order valence-electron chi connectivity index (χ4n) is 2.41. The second kappa shape index (κ2) is 8.56. The summed E-state index contributed by atoms with van der Waals surface area (Å²) in [7, 11) is 1.59. The number of aromatic amines is 1. The molecule has 1 N–H and O–H groups in total. The minimum absolute atomic E-state index is 0.338. The molecule has 1 aromatic heterocycles. The number of aromatic nitrogens is 3. The molecular weight excluding hydrogens is 407 g/mol. The van der Waals surface area contributed by atoms with Gasteiger partial charge >= 0.3 is 0 Å². The third kappa shape index (κ3) is 4.32. The first kappa shape index (κ1) is 19.4. The molecule has 1 heterocycles. The first-order valence-electron chi connectivity index (χ1n) is 8.01. The first-order chi connectivity index (χ1) is 13.0. The van der Waals surface area contributed by atoms with Gasteiger partial charge < -0.3 is 9.47 Å². The van der Waals surface area contributed by atoms with E-state index in [0.29, 0.717) is 44.3 Å². The molecule has 3 rings (SSSR count). The lowest BCUT2D eigenvalue weighted by Crippen LogP contribution is -1.98. The Hall–Kier alpha value is -2.35. The van der Waals surface area contributed by atoms with Crippen molar-refractivity contribution in [3.05, 3.63) is 56.8 Å². The van der Waals surface area contributed by atoms with Gasteiger partial charge in [-0.05, 0) is 61.1 Å². The van der Waals surface area contributed by atoms with Crippen LogP contribution in [0.25, 0.3) is 11.4 Å². The smallest absolute Gasteiger partial charge is 0.216 e. The molecule has 2 aromatic carbocycles. The van der Waals surface area contributed by atoms with Crippen LogP contribution in [-0.4, -0.2) is 34.8 Å². The molecule has 0 amide bonds. The van der Waals surface area contributed by atoms with Crippen molar-refractivity contribution in [3.63, 3.8) is 0 Å². The number of hydrogen-bond acceptors (Lipinski definition) is 5. The van der Waals surface area contributed by atoms with E-state index in [1.165, 1.54) is 4.68 Å². The van der Waals surface area contributed by atoms with Crippen LogP contribution in [0.1, 0.15) is 12.5 Å². The Morgan fingerprint density at radius 2 is 2.04 bits per heavy atom. The molecule has 9 heteroatoms. The zero-order valence-corrected chi connectivity index (χ0v) is 16.9. The lowest BCUT2D eigenvalue weighted by atomic mass is 10.2. The van der Waals surface area contributed by atoms with Gasteiger partial charge in [0.15, 0.2) is 17.3 Å². The maximum Gasteiger partial charge on any atom is 0.216 e. The van der Waals surface area contributed by atoms with Crippen LogP contribution >= 0.6 is 35.4 Å². The highest BCUT2D eigenvalue weighted by molar-refractivity contribution is 7.71. The fourth-order valence-corrected chi connectivity index (χ4v) is 3.08. The Morgan fingerprint density at radius 1 is 1.22 bits per heavy atom. The summed E-state index contributed by atoms with van der Waals surface area (Å²) in [6, 6.07) is 10.7. The topological polar surface area (TPSA) is 64.4 Å². The number of benzene rings is 2. The second-order valence-electron chi connectivity index (χ2n) is 5.38. The Balaban J connectivity index is 1.97. The van der Waals surface area contributed by atoms with Crippen molar-refractivity contribution < 1.29 is 9.47 Å². The molecule has 0 saturated carbocycles. The van der Waals surface area contributed by atoms with Crippen molar-refractivity contribution in [1.82, 2.24) is 14.9 Å². The molecule has 0 aliphatic carbocycles. The second-order valence-corrected chi connectivity index (χ2v) is 6.61. The van der Waals surface area contributed by atoms with Crippen molar-refractivity contribution in [2.24, 2.45) is 5.10 Å². The van der Waals surface area contributed by atoms with E-state index < -0.39 is 0 Å². The number of nitrogens with one attached hydrogen (secondary N) is 1. The van der Waals surface area contributed by atoms with Gasteiger partial charge in [-0.2, -0.15) is 14.9 Å². The maximum atomic E-state index is 6.28. The summed E-state index contributed by atoms with van der Waals surface area (Å²) in [6.45, 7) is 2.47. The van der Waals surface area contributed by atoms with Gasteiger partial charge in [-0.1, -0.05) is 23.2 Å². The lowest BCUT2D eigenvalue weighted by Gasteiger charge is -2.09. The van der Waals surface area contributed by atoms with Gasteiger partial charge in [-0.25, -0.2) is 5.10 Å². The van der Waals surface area contributed by atoms with E-state index in [1.54, 1.807) is 31.5 Å². The van der Waals surface area contributed by atoms with E-state index in [1.807, 2.05) is 25.1 Å².